The summed E-state index contributed by atoms with van der Waals surface area (Å²) in [5, 5.41) is 8.86. The molecule has 0 radical (unpaired) electrons. The summed E-state index contributed by atoms with van der Waals surface area (Å²) in [7, 11) is 0. The maximum atomic E-state index is 6.38. The van der Waals surface area contributed by atoms with Gasteiger partial charge in [0.2, 0.25) is 0 Å². The molecule has 0 saturated carbocycles. The summed E-state index contributed by atoms with van der Waals surface area (Å²) in [5.41, 5.74) is 2.10. The lowest BCUT2D eigenvalue weighted by Gasteiger charge is -2.15. The van der Waals surface area contributed by atoms with Crippen molar-refractivity contribution >= 4 is 11.6 Å². The van der Waals surface area contributed by atoms with Gasteiger partial charge in [-0.15, -0.1) is 0 Å². The van der Waals surface area contributed by atoms with Crippen LogP contribution in [-0.4, -0.2) is 29.0 Å². The fourth-order valence-corrected chi connectivity index (χ4v) is 2.94. The molecule has 5 heteroatoms. The summed E-state index contributed by atoms with van der Waals surface area (Å²) in [5.74, 6) is 0.613. The number of hydrogen-bond acceptors (Lipinski definition) is 3. The lowest BCUT2D eigenvalue weighted by molar-refractivity contribution is 0.105. The van der Waals surface area contributed by atoms with Crippen molar-refractivity contribution in [3.8, 4) is 0 Å². The van der Waals surface area contributed by atoms with Crippen molar-refractivity contribution in [3.63, 3.8) is 0 Å². The largest absolute Gasteiger partial charge is 0.378 e. The zero-order valence-corrected chi connectivity index (χ0v) is 12.8. The molecule has 0 spiro atoms. The molecule has 2 rings (SSSR count). The number of rotatable bonds is 6. The Hall–Kier alpha value is -0.580. The van der Waals surface area contributed by atoms with Crippen molar-refractivity contribution in [3.05, 3.63) is 16.4 Å². The predicted molar refractivity (Wildman–Crippen MR) is 77.5 cm³/mol. The highest BCUT2D eigenvalue weighted by Crippen LogP contribution is 2.22. The van der Waals surface area contributed by atoms with E-state index in [0.717, 1.165) is 55.5 Å². The molecule has 1 aromatic rings. The molecule has 1 aliphatic heterocycles. The number of ether oxygens (including phenoxy) is 1. The summed E-state index contributed by atoms with van der Waals surface area (Å²) in [6, 6.07) is 0. The third-order valence-corrected chi connectivity index (χ3v) is 4.36. The van der Waals surface area contributed by atoms with Gasteiger partial charge in [0.15, 0.2) is 0 Å². The predicted octanol–water partition coefficient (Wildman–Crippen LogP) is 2.63. The molecule has 2 heterocycles. The van der Waals surface area contributed by atoms with Crippen LogP contribution < -0.4 is 5.32 Å². The Labute approximate surface area is 120 Å². The van der Waals surface area contributed by atoms with Crippen LogP contribution in [0.3, 0.4) is 0 Å². The van der Waals surface area contributed by atoms with Crippen LogP contribution >= 0.6 is 11.6 Å². The number of nitrogens with zero attached hydrogens (tertiary/aromatic N) is 2. The number of aromatic nitrogens is 2. The Morgan fingerprint density at radius 2 is 2.26 bits per heavy atom. The summed E-state index contributed by atoms with van der Waals surface area (Å²) < 4.78 is 7.58. The number of aryl methyl sites for hydroxylation is 2. The number of hydrogen-bond donors (Lipinski definition) is 1. The van der Waals surface area contributed by atoms with Gasteiger partial charge in [-0.05, 0) is 32.6 Å². The van der Waals surface area contributed by atoms with E-state index < -0.39 is 0 Å². The second-order valence-electron chi connectivity index (χ2n) is 5.13. The van der Waals surface area contributed by atoms with E-state index >= 15 is 0 Å². The minimum absolute atomic E-state index is 0.366. The van der Waals surface area contributed by atoms with Crippen LogP contribution in [0.4, 0.5) is 0 Å². The highest BCUT2D eigenvalue weighted by Gasteiger charge is 2.24. The maximum Gasteiger partial charge on any atom is 0.0863 e. The molecule has 19 heavy (non-hydrogen) atoms. The lowest BCUT2D eigenvalue weighted by Crippen LogP contribution is -2.27. The van der Waals surface area contributed by atoms with Gasteiger partial charge in [0, 0.05) is 26.2 Å². The van der Waals surface area contributed by atoms with Gasteiger partial charge in [0.05, 0.1) is 22.5 Å². The van der Waals surface area contributed by atoms with Crippen LogP contribution in [0.2, 0.25) is 5.02 Å². The Bertz CT molecular complexity index is 419. The van der Waals surface area contributed by atoms with Gasteiger partial charge in [-0.3, -0.25) is 4.68 Å². The fraction of sp³-hybridized carbons (Fsp3) is 0.786. The second-order valence-corrected chi connectivity index (χ2v) is 5.51. The van der Waals surface area contributed by atoms with Crippen molar-refractivity contribution in [2.75, 3.05) is 13.2 Å². The molecule has 1 aliphatic rings. The Balaban J connectivity index is 1.93. The zero-order valence-electron chi connectivity index (χ0n) is 12.1. The van der Waals surface area contributed by atoms with Gasteiger partial charge in [0.25, 0.3) is 0 Å². The summed E-state index contributed by atoms with van der Waals surface area (Å²) in [6.45, 7) is 9.84. The Morgan fingerprint density at radius 3 is 2.84 bits per heavy atom. The molecule has 1 N–H and O–H groups in total. The highest BCUT2D eigenvalue weighted by molar-refractivity contribution is 6.31. The van der Waals surface area contributed by atoms with Crippen LogP contribution in [0.5, 0.6) is 0 Å². The summed E-state index contributed by atoms with van der Waals surface area (Å²) >= 11 is 6.38. The molecule has 1 fully saturated rings. The van der Waals surface area contributed by atoms with E-state index in [1.54, 1.807) is 0 Å². The van der Waals surface area contributed by atoms with E-state index in [-0.39, 0.29) is 0 Å². The average Bonchev–Trinajstić information content (AvgIpc) is 2.95. The summed E-state index contributed by atoms with van der Waals surface area (Å²) in [6.07, 6.45) is 2.40. The standard InChI is InChI=1S/C14H24ClN3O/c1-4-12-14(15)13(18(5-2)17-12)9-16-8-11-6-7-19-10(11)3/h10-11,16H,4-9H2,1-3H3. The van der Waals surface area contributed by atoms with Gasteiger partial charge >= 0.3 is 0 Å². The normalized spacial score (nSPS) is 23.2. The van der Waals surface area contributed by atoms with Gasteiger partial charge in [-0.25, -0.2) is 0 Å². The smallest absolute Gasteiger partial charge is 0.0863 e. The maximum absolute atomic E-state index is 6.38. The molecule has 1 saturated heterocycles. The molecular weight excluding hydrogens is 262 g/mol. The Kier molecular flexibility index (Phi) is 5.25. The molecule has 1 aromatic heterocycles. The minimum atomic E-state index is 0.366. The molecule has 2 unspecified atom stereocenters. The van der Waals surface area contributed by atoms with Crippen LogP contribution in [0.25, 0.3) is 0 Å². The van der Waals surface area contributed by atoms with E-state index in [1.807, 2.05) is 4.68 Å². The fourth-order valence-electron chi connectivity index (χ4n) is 2.61. The van der Waals surface area contributed by atoms with Crippen molar-refractivity contribution in [1.82, 2.24) is 15.1 Å². The molecule has 4 nitrogen and oxygen atoms in total. The van der Waals surface area contributed by atoms with Crippen molar-refractivity contribution in [2.24, 2.45) is 5.92 Å². The first-order valence-corrected chi connectivity index (χ1v) is 7.61. The lowest BCUT2D eigenvalue weighted by atomic mass is 10.0. The first-order valence-electron chi connectivity index (χ1n) is 7.23. The van der Waals surface area contributed by atoms with Crippen molar-refractivity contribution < 1.29 is 4.74 Å². The minimum Gasteiger partial charge on any atom is -0.378 e. The van der Waals surface area contributed by atoms with E-state index in [0.29, 0.717) is 12.0 Å². The molecule has 0 amide bonds. The van der Waals surface area contributed by atoms with Gasteiger partial charge in [-0.2, -0.15) is 5.10 Å². The van der Waals surface area contributed by atoms with Crippen LogP contribution in [0, 0.1) is 5.92 Å². The molecule has 0 bridgehead atoms. The molecule has 0 aromatic carbocycles. The highest BCUT2D eigenvalue weighted by atomic mass is 35.5. The monoisotopic (exact) mass is 285 g/mol. The van der Waals surface area contributed by atoms with Gasteiger partial charge in [-0.1, -0.05) is 18.5 Å². The molecule has 0 aliphatic carbocycles. The molecular formula is C14H24ClN3O. The van der Waals surface area contributed by atoms with Gasteiger partial charge < -0.3 is 10.1 Å². The van der Waals surface area contributed by atoms with Crippen molar-refractivity contribution in [2.45, 2.75) is 52.8 Å². The third-order valence-electron chi connectivity index (χ3n) is 3.93. The topological polar surface area (TPSA) is 39.1 Å². The van der Waals surface area contributed by atoms with Crippen LogP contribution in [0.15, 0.2) is 0 Å². The van der Waals surface area contributed by atoms with Crippen LogP contribution in [0.1, 0.15) is 38.6 Å². The SMILES string of the molecule is CCc1nn(CC)c(CNCC2CCOC2C)c1Cl. The quantitative estimate of drug-likeness (QED) is 0.873. The first kappa shape index (κ1) is 14.8. The zero-order chi connectivity index (χ0) is 13.8. The first-order chi connectivity index (χ1) is 9.17. The number of halogens is 1. The van der Waals surface area contributed by atoms with E-state index in [9.17, 15) is 0 Å². The van der Waals surface area contributed by atoms with Crippen molar-refractivity contribution in [1.29, 1.82) is 0 Å². The third kappa shape index (κ3) is 3.30. The van der Waals surface area contributed by atoms with Gasteiger partial charge in [0.1, 0.15) is 0 Å². The average molecular weight is 286 g/mol. The second kappa shape index (κ2) is 6.73. The molecule has 108 valence electrons. The van der Waals surface area contributed by atoms with E-state index in [2.05, 4.69) is 31.2 Å². The Morgan fingerprint density at radius 1 is 1.47 bits per heavy atom. The summed E-state index contributed by atoms with van der Waals surface area (Å²) in [4.78, 5) is 0. The van der Waals surface area contributed by atoms with E-state index in [1.165, 1.54) is 0 Å². The van der Waals surface area contributed by atoms with Crippen LogP contribution in [-0.2, 0) is 24.2 Å². The number of nitrogens with one attached hydrogen (secondary N) is 1. The molecule has 2 atom stereocenters. The van der Waals surface area contributed by atoms with E-state index in [4.69, 9.17) is 16.3 Å².